The van der Waals surface area contributed by atoms with Gasteiger partial charge in [0.15, 0.2) is 0 Å². The molecule has 0 radical (unpaired) electrons. The summed E-state index contributed by atoms with van der Waals surface area (Å²) in [5.74, 6) is -0.432. The fourth-order valence-electron chi connectivity index (χ4n) is 1.22. The molecule has 90 valence electrons. The number of amides is 1. The Morgan fingerprint density at radius 3 is 2.88 bits per heavy atom. The van der Waals surface area contributed by atoms with Crippen molar-refractivity contribution in [3.05, 3.63) is 0 Å². The third-order valence-corrected chi connectivity index (χ3v) is 2.44. The predicted molar refractivity (Wildman–Crippen MR) is 61.7 cm³/mol. The number of nitrogens with one attached hydrogen (secondary N) is 1. The topological polar surface area (TPSA) is 64.6 Å². The zero-order valence-electron chi connectivity index (χ0n) is 9.27. The first-order valence-electron chi connectivity index (χ1n) is 5.21. The Morgan fingerprint density at radius 2 is 2.25 bits per heavy atom. The van der Waals surface area contributed by atoms with Crippen molar-refractivity contribution in [2.24, 2.45) is 5.92 Å². The van der Waals surface area contributed by atoms with Gasteiger partial charge in [0.05, 0.1) is 12.5 Å². The van der Waals surface area contributed by atoms with Crippen LogP contribution in [0.4, 0.5) is 4.79 Å². The Bertz CT molecular complexity index is 282. The van der Waals surface area contributed by atoms with Crippen LogP contribution in [0.5, 0.6) is 0 Å². The van der Waals surface area contributed by atoms with Crippen molar-refractivity contribution in [3.63, 3.8) is 0 Å². The standard InChI is InChI=1S/C10H16NO4P/c1-3-4-14-9(12)7-5-8(7)11-10(13)15-6-16-2/h7-8H,2-6H2,1H3,(H,11,13)/t7-,8?/m0/s1. The minimum Gasteiger partial charge on any atom is -0.465 e. The number of esters is 1. The molecule has 2 atom stereocenters. The molecule has 1 amide bonds. The maximum Gasteiger partial charge on any atom is 0.408 e. The molecule has 0 aromatic heterocycles. The molecule has 1 saturated carbocycles. The average Bonchev–Trinajstić information content (AvgIpc) is 3.02. The number of carbonyl (C=O) groups excluding carboxylic acids is 2. The fraction of sp³-hybridized carbons (Fsp3) is 0.700. The number of rotatable bonds is 6. The second-order valence-electron chi connectivity index (χ2n) is 3.55. The average molecular weight is 245 g/mol. The van der Waals surface area contributed by atoms with E-state index in [2.05, 4.69) is 11.6 Å². The molecule has 0 aliphatic heterocycles. The van der Waals surface area contributed by atoms with E-state index in [1.807, 2.05) is 6.92 Å². The lowest BCUT2D eigenvalue weighted by Gasteiger charge is -2.04. The molecule has 0 spiro atoms. The largest absolute Gasteiger partial charge is 0.465 e. The first-order chi connectivity index (χ1) is 7.69. The molecule has 0 heterocycles. The molecular weight excluding hydrogens is 229 g/mol. The van der Waals surface area contributed by atoms with Crippen LogP contribution in [0, 0.1) is 5.92 Å². The third kappa shape index (κ3) is 4.19. The molecule has 1 aliphatic carbocycles. The summed E-state index contributed by atoms with van der Waals surface area (Å²) >= 11 is 0. The van der Waals surface area contributed by atoms with Gasteiger partial charge in [-0.25, -0.2) is 4.79 Å². The molecule has 1 rings (SSSR count). The molecule has 1 aliphatic rings. The Kier molecular flexibility index (Phi) is 5.26. The van der Waals surface area contributed by atoms with Crippen LogP contribution in [0.25, 0.3) is 0 Å². The van der Waals surface area contributed by atoms with Gasteiger partial charge in [-0.2, -0.15) is 0 Å². The smallest absolute Gasteiger partial charge is 0.408 e. The van der Waals surface area contributed by atoms with Gasteiger partial charge in [0.2, 0.25) is 0 Å². The summed E-state index contributed by atoms with van der Waals surface area (Å²) in [7, 11) is 0.751. The predicted octanol–water partition coefficient (Wildman–Crippen LogP) is 1.39. The monoisotopic (exact) mass is 245 g/mol. The minimum absolute atomic E-state index is 0.127. The first-order valence-corrected chi connectivity index (χ1v) is 6.48. The molecule has 0 aromatic carbocycles. The van der Waals surface area contributed by atoms with Crippen molar-refractivity contribution in [3.8, 4) is 0 Å². The highest BCUT2D eigenvalue weighted by atomic mass is 31.1. The van der Waals surface area contributed by atoms with Crippen molar-refractivity contribution in [1.29, 1.82) is 0 Å². The van der Waals surface area contributed by atoms with Crippen LogP contribution in [0.15, 0.2) is 0 Å². The number of alkyl carbamates (subject to hydrolysis) is 1. The molecule has 0 saturated heterocycles. The summed E-state index contributed by atoms with van der Waals surface area (Å²) < 4.78 is 9.74. The van der Waals surface area contributed by atoms with Gasteiger partial charge in [-0.1, -0.05) is 21.4 Å². The van der Waals surface area contributed by atoms with Gasteiger partial charge < -0.3 is 14.8 Å². The SMILES string of the molecule is C=PCOC(=O)NC1C[C@@H]1C(=O)OCCC. The molecular formula is C10H16NO4P. The first kappa shape index (κ1) is 13.0. The maximum absolute atomic E-state index is 11.3. The van der Waals surface area contributed by atoms with Crippen LogP contribution in [0.1, 0.15) is 19.8 Å². The van der Waals surface area contributed by atoms with E-state index in [1.54, 1.807) is 0 Å². The highest BCUT2D eigenvalue weighted by molar-refractivity contribution is 7.36. The van der Waals surface area contributed by atoms with E-state index in [0.29, 0.717) is 13.0 Å². The van der Waals surface area contributed by atoms with Gasteiger partial charge in [-0.05, 0) is 12.8 Å². The van der Waals surface area contributed by atoms with Crippen molar-refractivity contribution < 1.29 is 19.1 Å². The maximum atomic E-state index is 11.3. The molecule has 0 bridgehead atoms. The zero-order valence-corrected chi connectivity index (χ0v) is 10.2. The molecule has 6 heteroatoms. The summed E-state index contributed by atoms with van der Waals surface area (Å²) in [6.07, 6.45) is 4.74. The summed E-state index contributed by atoms with van der Waals surface area (Å²) in [6, 6.07) is -0.127. The van der Waals surface area contributed by atoms with Gasteiger partial charge in [-0.3, -0.25) is 4.79 Å². The van der Waals surface area contributed by atoms with Gasteiger partial charge in [0, 0.05) is 6.04 Å². The van der Waals surface area contributed by atoms with Gasteiger partial charge >= 0.3 is 12.1 Å². The Hall–Kier alpha value is -1.09. The summed E-state index contributed by atoms with van der Waals surface area (Å²) in [6.45, 7) is 2.37. The molecule has 16 heavy (non-hydrogen) atoms. The van der Waals surface area contributed by atoms with Crippen LogP contribution in [-0.2, 0) is 14.3 Å². The number of hydrogen-bond acceptors (Lipinski definition) is 4. The second kappa shape index (κ2) is 6.48. The normalized spacial score (nSPS) is 22.6. The summed E-state index contributed by atoms with van der Waals surface area (Å²) in [5, 5.41) is 2.60. The summed E-state index contributed by atoms with van der Waals surface area (Å²) in [4.78, 5) is 22.5. The van der Waals surface area contributed by atoms with Crippen molar-refractivity contribution in [1.82, 2.24) is 5.32 Å². The van der Waals surface area contributed by atoms with Crippen LogP contribution >= 0.6 is 8.20 Å². The van der Waals surface area contributed by atoms with Crippen LogP contribution < -0.4 is 5.32 Å². The van der Waals surface area contributed by atoms with Crippen molar-refractivity contribution in [2.45, 2.75) is 25.8 Å². The summed E-state index contributed by atoms with van der Waals surface area (Å²) in [5.41, 5.74) is 0. The van der Waals surface area contributed by atoms with Gasteiger partial charge in [0.25, 0.3) is 0 Å². The molecule has 5 nitrogen and oxygen atoms in total. The van der Waals surface area contributed by atoms with Crippen molar-refractivity contribution in [2.75, 3.05) is 13.0 Å². The highest BCUT2D eigenvalue weighted by Crippen LogP contribution is 2.31. The third-order valence-electron chi connectivity index (χ3n) is 2.13. The Labute approximate surface area is 96.3 Å². The second-order valence-corrected chi connectivity index (χ2v) is 4.25. The van der Waals surface area contributed by atoms with E-state index >= 15 is 0 Å². The number of carbonyl (C=O) groups is 2. The molecule has 0 aromatic rings. The highest BCUT2D eigenvalue weighted by Gasteiger charge is 2.45. The van der Waals surface area contributed by atoms with Gasteiger partial charge in [0.1, 0.15) is 6.35 Å². The Morgan fingerprint density at radius 1 is 1.50 bits per heavy atom. The van der Waals surface area contributed by atoms with E-state index in [0.717, 1.165) is 14.6 Å². The number of ether oxygens (including phenoxy) is 2. The minimum atomic E-state index is -0.494. The van der Waals surface area contributed by atoms with Gasteiger partial charge in [-0.15, -0.1) is 0 Å². The molecule has 1 unspecified atom stereocenters. The van der Waals surface area contributed by atoms with E-state index < -0.39 is 6.09 Å². The molecule has 1 fully saturated rings. The lowest BCUT2D eigenvalue weighted by Crippen LogP contribution is -2.29. The van der Waals surface area contributed by atoms with E-state index in [9.17, 15) is 9.59 Å². The quantitative estimate of drug-likeness (QED) is 0.567. The Balaban J connectivity index is 2.16. The lowest BCUT2D eigenvalue weighted by molar-refractivity contribution is -0.145. The van der Waals surface area contributed by atoms with Crippen LogP contribution in [-0.4, -0.2) is 37.4 Å². The van der Waals surface area contributed by atoms with E-state index in [-0.39, 0.29) is 24.3 Å². The van der Waals surface area contributed by atoms with Crippen LogP contribution in [0.3, 0.4) is 0 Å². The van der Waals surface area contributed by atoms with Crippen LogP contribution in [0.2, 0.25) is 0 Å². The van der Waals surface area contributed by atoms with E-state index in [1.165, 1.54) is 0 Å². The zero-order chi connectivity index (χ0) is 12.0. The number of hydrogen-bond donors (Lipinski definition) is 1. The lowest BCUT2D eigenvalue weighted by atomic mass is 10.4. The van der Waals surface area contributed by atoms with E-state index in [4.69, 9.17) is 9.47 Å². The van der Waals surface area contributed by atoms with Crippen molar-refractivity contribution >= 4 is 26.6 Å². The fourth-order valence-corrected chi connectivity index (χ4v) is 1.43. The molecule has 1 N–H and O–H groups in total.